The number of likely N-dealkylation sites (tertiary alicyclic amines) is 1. The highest BCUT2D eigenvalue weighted by atomic mass is 19.4. The molecule has 1 N–H and O–H groups in total. The fourth-order valence-electron chi connectivity index (χ4n) is 3.24. The Bertz CT molecular complexity index is 653. The second-order valence-corrected chi connectivity index (χ2v) is 6.75. The average Bonchev–Trinajstić information content (AvgIpc) is 2.54. The van der Waals surface area contributed by atoms with E-state index in [9.17, 15) is 22.8 Å². The van der Waals surface area contributed by atoms with Crippen molar-refractivity contribution in [1.29, 1.82) is 0 Å². The quantitative estimate of drug-likeness (QED) is 0.874. The molecule has 0 aliphatic carbocycles. The number of nitrogens with zero attached hydrogens (tertiary/aromatic N) is 2. The molecule has 0 spiro atoms. The summed E-state index contributed by atoms with van der Waals surface area (Å²) in [5, 5.41) is 2.57. The van der Waals surface area contributed by atoms with E-state index in [1.807, 2.05) is 13.8 Å². The van der Waals surface area contributed by atoms with Crippen LogP contribution in [-0.4, -0.2) is 46.9 Å². The second-order valence-electron chi connectivity index (χ2n) is 6.75. The van der Waals surface area contributed by atoms with Gasteiger partial charge in [0.2, 0.25) is 5.91 Å². The first-order valence-electron chi connectivity index (χ1n) is 8.61. The van der Waals surface area contributed by atoms with E-state index in [4.69, 9.17) is 0 Å². The third-order valence-electron chi connectivity index (χ3n) is 4.54. The van der Waals surface area contributed by atoms with Crippen LogP contribution >= 0.6 is 0 Å². The van der Waals surface area contributed by atoms with Gasteiger partial charge in [0, 0.05) is 37.8 Å². The van der Waals surface area contributed by atoms with Gasteiger partial charge in [-0.25, -0.2) is 4.79 Å². The SMILES string of the molecule is CC(=O)N1CCC(N(C(=O)Nc2cccc(C(F)(F)F)c2)C(C)C)CC1. The van der Waals surface area contributed by atoms with Gasteiger partial charge in [0.05, 0.1) is 5.56 Å². The van der Waals surface area contributed by atoms with Crippen LogP contribution in [0.25, 0.3) is 0 Å². The molecule has 2 rings (SSSR count). The van der Waals surface area contributed by atoms with Crippen molar-refractivity contribution in [1.82, 2.24) is 9.80 Å². The molecule has 0 unspecified atom stereocenters. The van der Waals surface area contributed by atoms with Crippen LogP contribution < -0.4 is 5.32 Å². The monoisotopic (exact) mass is 371 g/mol. The molecule has 1 aliphatic rings. The van der Waals surface area contributed by atoms with Crippen molar-refractivity contribution >= 4 is 17.6 Å². The summed E-state index contributed by atoms with van der Waals surface area (Å²) in [6, 6.07) is 3.99. The van der Waals surface area contributed by atoms with Gasteiger partial charge in [0.1, 0.15) is 0 Å². The number of carbonyl (C=O) groups is 2. The van der Waals surface area contributed by atoms with Crippen LogP contribution in [0.15, 0.2) is 24.3 Å². The second kappa shape index (κ2) is 7.97. The summed E-state index contributed by atoms with van der Waals surface area (Å²) in [6.07, 6.45) is -3.17. The van der Waals surface area contributed by atoms with E-state index < -0.39 is 17.8 Å². The molecule has 1 heterocycles. The summed E-state index contributed by atoms with van der Waals surface area (Å²) in [5.41, 5.74) is -0.696. The van der Waals surface area contributed by atoms with Gasteiger partial charge >= 0.3 is 12.2 Å². The van der Waals surface area contributed by atoms with Gasteiger partial charge in [-0.1, -0.05) is 6.07 Å². The van der Waals surface area contributed by atoms with Crippen molar-refractivity contribution in [2.75, 3.05) is 18.4 Å². The van der Waals surface area contributed by atoms with Gasteiger partial charge in [-0.3, -0.25) is 4.79 Å². The zero-order valence-electron chi connectivity index (χ0n) is 15.1. The van der Waals surface area contributed by atoms with Crippen molar-refractivity contribution < 1.29 is 22.8 Å². The Kier molecular flexibility index (Phi) is 6.15. The predicted octanol–water partition coefficient (Wildman–Crippen LogP) is 3.96. The van der Waals surface area contributed by atoms with Gasteiger partial charge in [0.15, 0.2) is 0 Å². The van der Waals surface area contributed by atoms with Crippen LogP contribution in [0.5, 0.6) is 0 Å². The fraction of sp³-hybridized carbons (Fsp3) is 0.556. The van der Waals surface area contributed by atoms with Gasteiger partial charge in [-0.05, 0) is 44.9 Å². The molecule has 144 valence electrons. The standard InChI is InChI=1S/C18H24F3N3O2/c1-12(2)24(16-7-9-23(10-8-16)13(3)25)17(26)22-15-6-4-5-14(11-15)18(19,20)21/h4-6,11-12,16H,7-10H2,1-3H3,(H,22,26). The topological polar surface area (TPSA) is 52.7 Å². The van der Waals surface area contributed by atoms with E-state index in [0.717, 1.165) is 12.1 Å². The lowest BCUT2D eigenvalue weighted by molar-refractivity contribution is -0.137. The van der Waals surface area contributed by atoms with E-state index in [-0.39, 0.29) is 23.7 Å². The van der Waals surface area contributed by atoms with E-state index in [2.05, 4.69) is 5.32 Å². The van der Waals surface area contributed by atoms with Crippen LogP contribution in [0.3, 0.4) is 0 Å². The maximum atomic E-state index is 12.8. The lowest BCUT2D eigenvalue weighted by Crippen LogP contribution is -2.52. The van der Waals surface area contributed by atoms with Crippen LogP contribution in [-0.2, 0) is 11.0 Å². The minimum atomic E-state index is -4.46. The number of amides is 3. The minimum absolute atomic E-state index is 0.00737. The van der Waals surface area contributed by atoms with Crippen LogP contribution in [0, 0.1) is 0 Å². The number of nitrogens with one attached hydrogen (secondary N) is 1. The molecule has 3 amide bonds. The molecule has 0 atom stereocenters. The molecule has 5 nitrogen and oxygen atoms in total. The smallest absolute Gasteiger partial charge is 0.343 e. The highest BCUT2D eigenvalue weighted by molar-refractivity contribution is 5.89. The number of carbonyl (C=O) groups excluding carboxylic acids is 2. The van der Waals surface area contributed by atoms with Crippen molar-refractivity contribution in [3.05, 3.63) is 29.8 Å². The Morgan fingerprint density at radius 3 is 2.35 bits per heavy atom. The molecular formula is C18H24F3N3O2. The Morgan fingerprint density at radius 1 is 1.23 bits per heavy atom. The van der Waals surface area contributed by atoms with E-state index in [0.29, 0.717) is 25.9 Å². The maximum Gasteiger partial charge on any atom is 0.416 e. The third-order valence-corrected chi connectivity index (χ3v) is 4.54. The lowest BCUT2D eigenvalue weighted by Gasteiger charge is -2.40. The first-order chi connectivity index (χ1) is 12.1. The summed E-state index contributed by atoms with van der Waals surface area (Å²) >= 11 is 0. The predicted molar refractivity (Wildman–Crippen MR) is 92.7 cm³/mol. The number of hydrogen-bond donors (Lipinski definition) is 1. The first-order valence-corrected chi connectivity index (χ1v) is 8.61. The highest BCUT2D eigenvalue weighted by Crippen LogP contribution is 2.31. The maximum absolute atomic E-state index is 12.8. The van der Waals surface area contributed by atoms with Crippen molar-refractivity contribution in [2.45, 2.75) is 51.9 Å². The number of alkyl halides is 3. The van der Waals surface area contributed by atoms with E-state index in [1.54, 1.807) is 9.80 Å². The summed E-state index contributed by atoms with van der Waals surface area (Å²) in [6.45, 7) is 6.38. The number of halogens is 3. The number of piperidine rings is 1. The zero-order chi connectivity index (χ0) is 19.5. The Balaban J connectivity index is 2.09. The largest absolute Gasteiger partial charge is 0.416 e. The molecule has 0 aromatic heterocycles. The Labute approximate surface area is 151 Å². The minimum Gasteiger partial charge on any atom is -0.343 e. The van der Waals surface area contributed by atoms with E-state index in [1.165, 1.54) is 19.1 Å². The molecular weight excluding hydrogens is 347 g/mol. The molecule has 1 saturated heterocycles. The van der Waals surface area contributed by atoms with Crippen molar-refractivity contribution in [3.8, 4) is 0 Å². The molecule has 1 fully saturated rings. The number of benzene rings is 1. The van der Waals surface area contributed by atoms with Gasteiger partial charge in [0.25, 0.3) is 0 Å². The number of hydrogen-bond acceptors (Lipinski definition) is 2. The molecule has 1 aromatic carbocycles. The van der Waals surface area contributed by atoms with Gasteiger partial charge in [-0.15, -0.1) is 0 Å². The average molecular weight is 371 g/mol. The molecule has 0 saturated carbocycles. The van der Waals surface area contributed by atoms with Crippen molar-refractivity contribution in [2.24, 2.45) is 0 Å². The zero-order valence-corrected chi connectivity index (χ0v) is 15.1. The van der Waals surface area contributed by atoms with Crippen molar-refractivity contribution in [3.63, 3.8) is 0 Å². The molecule has 0 radical (unpaired) electrons. The number of anilines is 1. The molecule has 8 heteroatoms. The third kappa shape index (κ3) is 4.89. The summed E-state index contributed by atoms with van der Waals surface area (Å²) in [4.78, 5) is 27.5. The van der Waals surface area contributed by atoms with Crippen LogP contribution in [0.2, 0.25) is 0 Å². The molecule has 1 aliphatic heterocycles. The number of urea groups is 1. The normalized spacial score (nSPS) is 15.9. The molecule has 1 aromatic rings. The number of rotatable bonds is 3. The van der Waals surface area contributed by atoms with Crippen LogP contribution in [0.4, 0.5) is 23.7 Å². The Morgan fingerprint density at radius 2 is 1.85 bits per heavy atom. The first kappa shape index (κ1) is 20.1. The fourth-order valence-corrected chi connectivity index (χ4v) is 3.24. The molecule has 0 bridgehead atoms. The molecule has 26 heavy (non-hydrogen) atoms. The highest BCUT2D eigenvalue weighted by Gasteiger charge is 2.32. The van der Waals surface area contributed by atoms with E-state index >= 15 is 0 Å². The summed E-state index contributed by atoms with van der Waals surface area (Å²) in [5.74, 6) is 0.00737. The summed E-state index contributed by atoms with van der Waals surface area (Å²) < 4.78 is 38.5. The van der Waals surface area contributed by atoms with Gasteiger partial charge < -0.3 is 15.1 Å². The van der Waals surface area contributed by atoms with Crippen LogP contribution in [0.1, 0.15) is 39.2 Å². The Hall–Kier alpha value is -2.25. The van der Waals surface area contributed by atoms with Gasteiger partial charge in [-0.2, -0.15) is 13.2 Å². The lowest BCUT2D eigenvalue weighted by atomic mass is 10.0. The summed E-state index contributed by atoms with van der Waals surface area (Å²) in [7, 11) is 0.